The fraction of sp³-hybridized carbons (Fsp3) is 0.500. The maximum absolute atomic E-state index is 12.0. The molecule has 0 radical (unpaired) electrons. The van der Waals surface area contributed by atoms with Crippen molar-refractivity contribution in [1.82, 2.24) is 4.31 Å². The molecule has 1 aromatic carbocycles. The third-order valence-corrected chi connectivity index (χ3v) is 5.65. The summed E-state index contributed by atoms with van der Waals surface area (Å²) in [5, 5.41) is 8.98. The highest BCUT2D eigenvalue weighted by atomic mass is 32.2. The molecule has 21 heavy (non-hydrogen) atoms. The Balaban J connectivity index is 2.09. The van der Waals surface area contributed by atoms with Crippen LogP contribution in [0.4, 0.5) is 5.69 Å². The molecule has 0 spiro atoms. The molecule has 1 N–H and O–H groups in total. The molecular formula is C14H20N2O4S. The first-order valence-electron chi connectivity index (χ1n) is 6.82. The largest absolute Gasteiger partial charge is 0.481 e. The summed E-state index contributed by atoms with van der Waals surface area (Å²) in [5.74, 6) is -1.00. The third-order valence-electron chi connectivity index (χ3n) is 3.82. The first-order valence-corrected chi connectivity index (χ1v) is 8.26. The number of piperidine rings is 1. The van der Waals surface area contributed by atoms with E-state index in [2.05, 4.69) is 4.90 Å². The molecule has 2 rings (SSSR count). The third kappa shape index (κ3) is 3.36. The average molecular weight is 312 g/mol. The molecule has 1 aromatic rings. The van der Waals surface area contributed by atoms with Crippen molar-refractivity contribution >= 4 is 21.7 Å². The van der Waals surface area contributed by atoms with Crippen LogP contribution in [0, 0.1) is 5.92 Å². The van der Waals surface area contributed by atoms with E-state index < -0.39 is 16.0 Å². The standard InChI is InChI=1S/C14H20N2O4S/c1-15(2)21(19,20)13-5-3-12(4-6-13)16-9-7-11(8-10-16)14(17)18/h3-6,11H,7-10H2,1-2H3,(H,17,18). The molecule has 1 fully saturated rings. The van der Waals surface area contributed by atoms with Crippen LogP contribution in [-0.4, -0.2) is 51.0 Å². The van der Waals surface area contributed by atoms with E-state index >= 15 is 0 Å². The van der Waals surface area contributed by atoms with Crippen LogP contribution in [0.25, 0.3) is 0 Å². The van der Waals surface area contributed by atoms with Gasteiger partial charge in [0.2, 0.25) is 10.0 Å². The van der Waals surface area contributed by atoms with Crippen molar-refractivity contribution in [2.45, 2.75) is 17.7 Å². The van der Waals surface area contributed by atoms with Gasteiger partial charge in [0, 0.05) is 32.9 Å². The normalized spacial score (nSPS) is 17.2. The summed E-state index contributed by atoms with van der Waals surface area (Å²) in [5.41, 5.74) is 0.927. The maximum Gasteiger partial charge on any atom is 0.306 e. The number of nitrogens with zero attached hydrogens (tertiary/aromatic N) is 2. The summed E-state index contributed by atoms with van der Waals surface area (Å²) in [7, 11) is -0.407. The zero-order valence-corrected chi connectivity index (χ0v) is 13.0. The van der Waals surface area contributed by atoms with Gasteiger partial charge in [0.1, 0.15) is 0 Å². The smallest absolute Gasteiger partial charge is 0.306 e. The van der Waals surface area contributed by atoms with E-state index in [9.17, 15) is 13.2 Å². The lowest BCUT2D eigenvalue weighted by atomic mass is 9.97. The van der Waals surface area contributed by atoms with Crippen LogP contribution in [0.5, 0.6) is 0 Å². The molecule has 0 aliphatic carbocycles. The van der Waals surface area contributed by atoms with Crippen molar-refractivity contribution in [3.05, 3.63) is 24.3 Å². The predicted molar refractivity (Wildman–Crippen MR) is 79.9 cm³/mol. The van der Waals surface area contributed by atoms with Gasteiger partial charge >= 0.3 is 5.97 Å². The fourth-order valence-electron chi connectivity index (χ4n) is 2.42. The van der Waals surface area contributed by atoms with Crippen LogP contribution >= 0.6 is 0 Å². The minimum absolute atomic E-state index is 0.261. The topological polar surface area (TPSA) is 77.9 Å². The second-order valence-electron chi connectivity index (χ2n) is 5.38. The van der Waals surface area contributed by atoms with Crippen LogP contribution in [0.3, 0.4) is 0 Å². The molecule has 0 atom stereocenters. The Labute approximate surface area is 125 Å². The van der Waals surface area contributed by atoms with Crippen LogP contribution in [-0.2, 0) is 14.8 Å². The molecule has 1 heterocycles. The van der Waals surface area contributed by atoms with E-state index in [1.54, 1.807) is 24.3 Å². The minimum Gasteiger partial charge on any atom is -0.481 e. The highest BCUT2D eigenvalue weighted by Crippen LogP contribution is 2.25. The van der Waals surface area contributed by atoms with Gasteiger partial charge in [-0.2, -0.15) is 0 Å². The second kappa shape index (κ2) is 6.03. The SMILES string of the molecule is CN(C)S(=O)(=O)c1ccc(N2CCC(C(=O)O)CC2)cc1. The number of aliphatic carboxylic acids is 1. The van der Waals surface area contributed by atoms with Crippen LogP contribution in [0.15, 0.2) is 29.2 Å². The molecule has 0 amide bonds. The maximum atomic E-state index is 12.0. The van der Waals surface area contributed by atoms with E-state index in [-0.39, 0.29) is 10.8 Å². The van der Waals surface area contributed by atoms with Gasteiger partial charge in [-0.05, 0) is 37.1 Å². The summed E-state index contributed by atoms with van der Waals surface area (Å²) in [6.07, 6.45) is 1.24. The van der Waals surface area contributed by atoms with Gasteiger partial charge in [-0.25, -0.2) is 12.7 Å². The summed E-state index contributed by atoms with van der Waals surface area (Å²) in [6, 6.07) is 6.73. The summed E-state index contributed by atoms with van der Waals surface area (Å²) >= 11 is 0. The molecule has 1 saturated heterocycles. The minimum atomic E-state index is -3.41. The molecule has 1 aliphatic heterocycles. The van der Waals surface area contributed by atoms with E-state index in [0.717, 1.165) is 5.69 Å². The number of carbonyl (C=O) groups is 1. The first-order chi connectivity index (χ1) is 9.82. The highest BCUT2D eigenvalue weighted by Gasteiger charge is 2.25. The monoisotopic (exact) mass is 312 g/mol. The van der Waals surface area contributed by atoms with Gasteiger partial charge in [-0.1, -0.05) is 0 Å². The van der Waals surface area contributed by atoms with E-state index in [0.29, 0.717) is 25.9 Å². The van der Waals surface area contributed by atoms with Crippen LogP contribution < -0.4 is 4.90 Å². The molecule has 0 aromatic heterocycles. The van der Waals surface area contributed by atoms with Crippen molar-refractivity contribution in [3.8, 4) is 0 Å². The number of carboxylic acids is 1. The van der Waals surface area contributed by atoms with Crippen molar-refractivity contribution in [1.29, 1.82) is 0 Å². The Morgan fingerprint density at radius 2 is 1.71 bits per heavy atom. The number of rotatable bonds is 4. The Hall–Kier alpha value is -1.60. The molecule has 7 heteroatoms. The molecule has 0 saturated carbocycles. The van der Waals surface area contributed by atoms with Gasteiger partial charge in [-0.3, -0.25) is 4.79 Å². The molecule has 0 unspecified atom stereocenters. The van der Waals surface area contributed by atoms with Gasteiger partial charge in [-0.15, -0.1) is 0 Å². The Morgan fingerprint density at radius 1 is 1.19 bits per heavy atom. The van der Waals surface area contributed by atoms with Crippen LogP contribution in [0.2, 0.25) is 0 Å². The van der Waals surface area contributed by atoms with Gasteiger partial charge in [0.25, 0.3) is 0 Å². The van der Waals surface area contributed by atoms with Crippen molar-refractivity contribution in [2.24, 2.45) is 5.92 Å². The lowest BCUT2D eigenvalue weighted by Gasteiger charge is -2.32. The number of carboxylic acid groups (broad SMARTS) is 1. The number of hydrogen-bond donors (Lipinski definition) is 1. The van der Waals surface area contributed by atoms with Crippen molar-refractivity contribution in [2.75, 3.05) is 32.1 Å². The summed E-state index contributed by atoms with van der Waals surface area (Å²) in [6.45, 7) is 1.35. The predicted octanol–water partition coefficient (Wildman–Crippen LogP) is 1.24. The number of sulfonamides is 1. The zero-order chi connectivity index (χ0) is 15.6. The second-order valence-corrected chi connectivity index (χ2v) is 7.53. The number of hydrogen-bond acceptors (Lipinski definition) is 4. The van der Waals surface area contributed by atoms with Gasteiger partial charge < -0.3 is 10.0 Å². The van der Waals surface area contributed by atoms with Crippen molar-refractivity contribution in [3.63, 3.8) is 0 Å². The summed E-state index contributed by atoms with van der Waals surface area (Å²) < 4.78 is 25.1. The van der Waals surface area contributed by atoms with Gasteiger partial charge in [0.15, 0.2) is 0 Å². The number of anilines is 1. The molecular weight excluding hydrogens is 292 g/mol. The Kier molecular flexibility index (Phi) is 4.53. The van der Waals surface area contributed by atoms with E-state index in [1.807, 2.05) is 0 Å². The Morgan fingerprint density at radius 3 is 2.14 bits per heavy atom. The lowest BCUT2D eigenvalue weighted by Crippen LogP contribution is -2.36. The van der Waals surface area contributed by atoms with Crippen molar-refractivity contribution < 1.29 is 18.3 Å². The van der Waals surface area contributed by atoms with Crippen LogP contribution in [0.1, 0.15) is 12.8 Å². The fourth-order valence-corrected chi connectivity index (χ4v) is 3.33. The average Bonchev–Trinajstić information content (AvgIpc) is 2.47. The molecule has 116 valence electrons. The highest BCUT2D eigenvalue weighted by molar-refractivity contribution is 7.89. The van der Waals surface area contributed by atoms with E-state index in [1.165, 1.54) is 18.4 Å². The van der Waals surface area contributed by atoms with Gasteiger partial charge in [0.05, 0.1) is 10.8 Å². The summed E-state index contributed by atoms with van der Waals surface area (Å²) in [4.78, 5) is 13.3. The molecule has 0 bridgehead atoms. The molecule has 6 nitrogen and oxygen atoms in total. The lowest BCUT2D eigenvalue weighted by molar-refractivity contribution is -0.142. The molecule has 1 aliphatic rings. The number of benzene rings is 1. The first kappa shape index (κ1) is 15.8. The quantitative estimate of drug-likeness (QED) is 0.905. The zero-order valence-electron chi connectivity index (χ0n) is 12.2. The van der Waals surface area contributed by atoms with E-state index in [4.69, 9.17) is 5.11 Å². The Bertz CT molecular complexity index is 602.